The maximum Gasteiger partial charge on any atom is 0.292 e. The minimum absolute atomic E-state index is 0.321. The number of hydrogen-bond donors (Lipinski definition) is 0. The molecule has 0 fully saturated rings. The highest BCUT2D eigenvalue weighted by atomic mass is 16.5. The smallest absolute Gasteiger partial charge is 0.292 e. The van der Waals surface area contributed by atoms with E-state index in [2.05, 4.69) is 4.98 Å². The van der Waals surface area contributed by atoms with E-state index in [1.165, 1.54) is 0 Å². The molecular weight excluding hydrogens is 240 g/mol. The summed E-state index contributed by atoms with van der Waals surface area (Å²) in [6, 6.07) is 9.35. The first-order chi connectivity index (χ1) is 9.22. The third-order valence-electron chi connectivity index (χ3n) is 2.84. The van der Waals surface area contributed by atoms with Crippen molar-refractivity contribution in [3.05, 3.63) is 53.2 Å². The molecule has 2 aromatic rings. The number of aryl methyl sites for hydroxylation is 2. The van der Waals surface area contributed by atoms with E-state index in [1.807, 2.05) is 38.1 Å². The van der Waals surface area contributed by atoms with E-state index in [0.29, 0.717) is 18.2 Å². The van der Waals surface area contributed by atoms with Gasteiger partial charge in [0.25, 0.3) is 6.26 Å². The van der Waals surface area contributed by atoms with E-state index in [1.54, 1.807) is 18.5 Å². The molecule has 96 valence electrons. The quantitative estimate of drug-likeness (QED) is 0.786. The van der Waals surface area contributed by atoms with Crippen molar-refractivity contribution in [3.63, 3.8) is 0 Å². The molecule has 2 rings (SSSR count). The fourth-order valence-corrected chi connectivity index (χ4v) is 1.77. The van der Waals surface area contributed by atoms with Crippen LogP contribution < -0.4 is 9.47 Å². The molecule has 0 saturated heterocycles. The van der Waals surface area contributed by atoms with Crippen LogP contribution in [-0.2, 0) is 6.61 Å². The topological polar surface area (TPSA) is 55.1 Å². The summed E-state index contributed by atoms with van der Waals surface area (Å²) in [6.07, 6.45) is 3.38. The Balaban J connectivity index is 2.20. The zero-order valence-corrected chi connectivity index (χ0v) is 10.9. The Kier molecular flexibility index (Phi) is 3.99. The third-order valence-corrected chi connectivity index (χ3v) is 2.84. The lowest BCUT2D eigenvalue weighted by atomic mass is 10.1. The molecule has 0 radical (unpaired) electrons. The van der Waals surface area contributed by atoms with Gasteiger partial charge in [0.05, 0.1) is 0 Å². The number of nitriles is 1. The Labute approximate surface area is 112 Å². The van der Waals surface area contributed by atoms with E-state index >= 15 is 0 Å². The first-order valence-corrected chi connectivity index (χ1v) is 5.91. The fraction of sp³-hybridized carbons (Fsp3) is 0.200. The molecular formula is C15H14N2O2. The van der Waals surface area contributed by atoms with Crippen molar-refractivity contribution in [1.29, 1.82) is 5.26 Å². The average molecular weight is 254 g/mol. The minimum Gasteiger partial charge on any atom is -0.472 e. The van der Waals surface area contributed by atoms with Gasteiger partial charge in [-0.3, -0.25) is 0 Å². The molecule has 0 amide bonds. The van der Waals surface area contributed by atoms with Gasteiger partial charge in [0.1, 0.15) is 12.4 Å². The van der Waals surface area contributed by atoms with Crippen LogP contribution in [0.1, 0.15) is 16.7 Å². The Morgan fingerprint density at radius 1 is 1.16 bits per heavy atom. The number of ether oxygens (including phenoxy) is 2. The summed E-state index contributed by atoms with van der Waals surface area (Å²) >= 11 is 0. The number of rotatable bonds is 4. The van der Waals surface area contributed by atoms with Gasteiger partial charge in [-0.15, -0.1) is 5.26 Å². The summed E-state index contributed by atoms with van der Waals surface area (Å²) < 4.78 is 10.6. The van der Waals surface area contributed by atoms with Gasteiger partial charge in [0, 0.05) is 17.3 Å². The van der Waals surface area contributed by atoms with Gasteiger partial charge in [0.2, 0.25) is 5.88 Å². The van der Waals surface area contributed by atoms with Gasteiger partial charge in [0.15, 0.2) is 0 Å². The largest absolute Gasteiger partial charge is 0.472 e. The number of aromatic nitrogens is 1. The van der Waals surface area contributed by atoms with Crippen LogP contribution in [0.2, 0.25) is 0 Å². The molecule has 1 aromatic carbocycles. The van der Waals surface area contributed by atoms with Crippen molar-refractivity contribution < 1.29 is 9.47 Å². The van der Waals surface area contributed by atoms with Gasteiger partial charge in [-0.2, -0.15) is 0 Å². The second-order valence-corrected chi connectivity index (χ2v) is 4.16. The molecule has 0 spiro atoms. The van der Waals surface area contributed by atoms with Crippen LogP contribution in [0.15, 0.2) is 36.5 Å². The van der Waals surface area contributed by atoms with Crippen molar-refractivity contribution in [1.82, 2.24) is 4.98 Å². The lowest BCUT2D eigenvalue weighted by molar-refractivity contribution is 0.286. The van der Waals surface area contributed by atoms with Crippen molar-refractivity contribution >= 4 is 0 Å². The number of benzene rings is 1. The van der Waals surface area contributed by atoms with Crippen molar-refractivity contribution in [3.8, 4) is 17.9 Å². The minimum atomic E-state index is 0.321. The zero-order chi connectivity index (χ0) is 13.7. The summed E-state index contributed by atoms with van der Waals surface area (Å²) in [5.41, 5.74) is 2.84. The van der Waals surface area contributed by atoms with Gasteiger partial charge in [-0.05, 0) is 31.5 Å². The monoisotopic (exact) mass is 254 g/mol. The Hall–Kier alpha value is -2.54. The van der Waals surface area contributed by atoms with Gasteiger partial charge in [-0.25, -0.2) is 4.98 Å². The van der Waals surface area contributed by atoms with Gasteiger partial charge >= 0.3 is 0 Å². The van der Waals surface area contributed by atoms with Crippen molar-refractivity contribution in [2.75, 3.05) is 0 Å². The summed E-state index contributed by atoms with van der Waals surface area (Å²) in [7, 11) is 0. The number of hydrogen-bond acceptors (Lipinski definition) is 4. The molecule has 0 atom stereocenters. The van der Waals surface area contributed by atoms with Crippen LogP contribution >= 0.6 is 0 Å². The maximum absolute atomic E-state index is 8.64. The molecule has 0 saturated carbocycles. The molecule has 4 heteroatoms. The van der Waals surface area contributed by atoms with E-state index in [0.717, 1.165) is 16.7 Å². The summed E-state index contributed by atoms with van der Waals surface area (Å²) in [4.78, 5) is 4.17. The number of pyridine rings is 1. The number of nitrogens with zero attached hydrogens (tertiary/aromatic N) is 2. The lowest BCUT2D eigenvalue weighted by Gasteiger charge is -2.12. The van der Waals surface area contributed by atoms with E-state index in [9.17, 15) is 0 Å². The average Bonchev–Trinajstić information content (AvgIpc) is 2.40. The highest BCUT2D eigenvalue weighted by Crippen LogP contribution is 2.24. The van der Waals surface area contributed by atoms with Crippen molar-refractivity contribution in [2.24, 2.45) is 0 Å². The molecule has 0 aliphatic rings. The Bertz CT molecular complexity index is 618. The lowest BCUT2D eigenvalue weighted by Crippen LogP contribution is -2.02. The second-order valence-electron chi connectivity index (χ2n) is 4.16. The van der Waals surface area contributed by atoms with Crippen molar-refractivity contribution in [2.45, 2.75) is 20.5 Å². The molecule has 19 heavy (non-hydrogen) atoms. The molecule has 1 heterocycles. The van der Waals surface area contributed by atoms with E-state index < -0.39 is 0 Å². The summed E-state index contributed by atoms with van der Waals surface area (Å²) in [6.45, 7) is 4.21. The molecule has 0 aliphatic heterocycles. The predicted molar refractivity (Wildman–Crippen MR) is 70.7 cm³/mol. The summed E-state index contributed by atoms with van der Waals surface area (Å²) in [5.74, 6) is 1.12. The molecule has 1 aromatic heterocycles. The van der Waals surface area contributed by atoms with E-state index in [-0.39, 0.29) is 0 Å². The van der Waals surface area contributed by atoms with Crippen LogP contribution in [0.5, 0.6) is 11.6 Å². The molecule has 0 bridgehead atoms. The molecule has 0 aliphatic carbocycles. The first-order valence-electron chi connectivity index (χ1n) is 5.91. The SMILES string of the molecule is Cc1cccnc1OCc1c(C)cccc1OC#N. The molecule has 0 unspecified atom stereocenters. The highest BCUT2D eigenvalue weighted by molar-refractivity contribution is 5.40. The highest BCUT2D eigenvalue weighted by Gasteiger charge is 2.09. The fourth-order valence-electron chi connectivity index (χ4n) is 1.77. The molecule has 0 N–H and O–H groups in total. The maximum atomic E-state index is 8.64. The van der Waals surface area contributed by atoms with Crippen LogP contribution in [0.25, 0.3) is 0 Å². The molecule has 4 nitrogen and oxygen atoms in total. The summed E-state index contributed by atoms with van der Waals surface area (Å²) in [5, 5.41) is 8.64. The predicted octanol–water partition coefficient (Wildman–Crippen LogP) is 3.14. The van der Waals surface area contributed by atoms with E-state index in [4.69, 9.17) is 14.7 Å². The van der Waals surface area contributed by atoms with Crippen LogP contribution in [0.4, 0.5) is 0 Å². The third kappa shape index (κ3) is 3.02. The zero-order valence-electron chi connectivity index (χ0n) is 10.9. The first kappa shape index (κ1) is 12.9. The second kappa shape index (κ2) is 5.87. The van der Waals surface area contributed by atoms with Gasteiger partial charge < -0.3 is 9.47 Å². The van der Waals surface area contributed by atoms with Crippen LogP contribution in [-0.4, -0.2) is 4.98 Å². The Morgan fingerprint density at radius 2 is 1.95 bits per heavy atom. The Morgan fingerprint density at radius 3 is 2.68 bits per heavy atom. The van der Waals surface area contributed by atoms with Gasteiger partial charge in [-0.1, -0.05) is 18.2 Å². The normalized spacial score (nSPS) is 9.74. The van der Waals surface area contributed by atoms with Crippen LogP contribution in [0, 0.1) is 25.4 Å². The standard InChI is InChI=1S/C15H14N2O2/c1-11-5-3-7-14(19-10-16)13(11)9-18-15-12(2)6-4-8-17-15/h3-8H,9H2,1-2H3. The van der Waals surface area contributed by atoms with Crippen LogP contribution in [0.3, 0.4) is 0 Å².